The fraction of sp³-hybridized carbons (Fsp3) is 0.429. The average molecular weight is 371 g/mol. The van der Waals surface area contributed by atoms with Crippen LogP contribution < -0.4 is 4.72 Å². The first-order valence-corrected chi connectivity index (χ1v) is 11.3. The molecule has 138 valence electrons. The third kappa shape index (κ3) is 3.79. The minimum atomic E-state index is -3.26. The fourth-order valence-electron chi connectivity index (χ4n) is 4.49. The first kappa shape index (κ1) is 17.6. The standard InChI is InChI=1S/C21H26N2O2S/c1-26(24,25)22-19-6-4-5-18(15-19)16-8-10-17(11-9-16)21-13-12-20-7-2-3-14-23(20)21/h4-6,8-11,15,20-22H,2-3,7,12-14H2,1H3/t20-,21+/m1/s1. The SMILES string of the molecule is CS(=O)(=O)Nc1cccc(-c2ccc([C@@H]3CC[C@H]4CCCCN43)cc2)c1. The Morgan fingerprint density at radius 2 is 1.77 bits per heavy atom. The molecule has 5 heteroatoms. The van der Waals surface area contributed by atoms with Gasteiger partial charge in [0.05, 0.1) is 6.26 Å². The van der Waals surface area contributed by atoms with E-state index < -0.39 is 10.0 Å². The van der Waals surface area contributed by atoms with Gasteiger partial charge in [-0.2, -0.15) is 0 Å². The van der Waals surface area contributed by atoms with Crippen molar-refractivity contribution < 1.29 is 8.42 Å². The second-order valence-electron chi connectivity index (χ2n) is 7.56. The zero-order valence-electron chi connectivity index (χ0n) is 15.2. The van der Waals surface area contributed by atoms with Gasteiger partial charge >= 0.3 is 0 Å². The molecular formula is C21H26N2O2S. The number of benzene rings is 2. The second-order valence-corrected chi connectivity index (χ2v) is 9.31. The average Bonchev–Trinajstić information content (AvgIpc) is 3.05. The van der Waals surface area contributed by atoms with Crippen LogP contribution in [0.2, 0.25) is 0 Å². The number of nitrogens with one attached hydrogen (secondary N) is 1. The van der Waals surface area contributed by atoms with Crippen molar-refractivity contribution in [1.29, 1.82) is 0 Å². The highest BCUT2D eigenvalue weighted by molar-refractivity contribution is 7.92. The van der Waals surface area contributed by atoms with E-state index in [4.69, 9.17) is 0 Å². The second kappa shape index (κ2) is 7.05. The Balaban J connectivity index is 1.54. The van der Waals surface area contributed by atoms with E-state index in [1.54, 1.807) is 6.07 Å². The molecule has 2 aromatic rings. The lowest BCUT2D eigenvalue weighted by molar-refractivity contribution is 0.150. The summed E-state index contributed by atoms with van der Waals surface area (Å²) in [5, 5.41) is 0. The van der Waals surface area contributed by atoms with Crippen LogP contribution in [0.3, 0.4) is 0 Å². The van der Waals surface area contributed by atoms with E-state index in [1.807, 2.05) is 18.2 Å². The van der Waals surface area contributed by atoms with Gasteiger partial charge in [-0.1, -0.05) is 42.8 Å². The van der Waals surface area contributed by atoms with E-state index in [0.29, 0.717) is 11.7 Å². The lowest BCUT2D eigenvalue weighted by atomic mass is 9.99. The monoisotopic (exact) mass is 370 g/mol. The van der Waals surface area contributed by atoms with Gasteiger partial charge in [-0.15, -0.1) is 0 Å². The molecule has 0 unspecified atom stereocenters. The van der Waals surface area contributed by atoms with Crippen molar-refractivity contribution in [3.63, 3.8) is 0 Å². The van der Waals surface area contributed by atoms with Crippen molar-refractivity contribution in [3.8, 4) is 11.1 Å². The van der Waals surface area contributed by atoms with Crippen LogP contribution in [0.1, 0.15) is 43.7 Å². The van der Waals surface area contributed by atoms with Gasteiger partial charge in [0, 0.05) is 17.8 Å². The lowest BCUT2D eigenvalue weighted by Crippen LogP contribution is -2.35. The maximum Gasteiger partial charge on any atom is 0.229 e. The smallest absolute Gasteiger partial charge is 0.229 e. The molecule has 4 rings (SSSR count). The number of rotatable bonds is 4. The zero-order chi connectivity index (χ0) is 18.1. The fourth-order valence-corrected chi connectivity index (χ4v) is 5.05. The van der Waals surface area contributed by atoms with Gasteiger partial charge in [-0.25, -0.2) is 8.42 Å². The summed E-state index contributed by atoms with van der Waals surface area (Å²) in [4.78, 5) is 2.70. The predicted octanol–water partition coefficient (Wildman–Crippen LogP) is 4.41. The number of nitrogens with zero attached hydrogens (tertiary/aromatic N) is 1. The molecule has 1 N–H and O–H groups in total. The van der Waals surface area contributed by atoms with Crippen LogP contribution in [0, 0.1) is 0 Å². The Morgan fingerprint density at radius 3 is 2.54 bits per heavy atom. The Hall–Kier alpha value is -1.85. The minimum absolute atomic E-state index is 0.563. The molecule has 0 radical (unpaired) electrons. The Morgan fingerprint density at radius 1 is 0.962 bits per heavy atom. The van der Waals surface area contributed by atoms with Crippen LogP contribution >= 0.6 is 0 Å². The Bertz CT molecular complexity index is 877. The highest BCUT2D eigenvalue weighted by atomic mass is 32.2. The molecule has 2 fully saturated rings. The molecular weight excluding hydrogens is 344 g/mol. The first-order valence-electron chi connectivity index (χ1n) is 9.43. The molecule has 0 spiro atoms. The number of sulfonamides is 1. The van der Waals surface area contributed by atoms with E-state index in [0.717, 1.165) is 17.2 Å². The summed E-state index contributed by atoms with van der Waals surface area (Å²) in [5.41, 5.74) is 4.14. The van der Waals surface area contributed by atoms with Crippen LogP contribution in [0.5, 0.6) is 0 Å². The maximum atomic E-state index is 11.4. The van der Waals surface area contributed by atoms with Crippen LogP contribution in [-0.4, -0.2) is 32.2 Å². The predicted molar refractivity (Wildman–Crippen MR) is 107 cm³/mol. The van der Waals surface area contributed by atoms with Gasteiger partial charge in [0.1, 0.15) is 0 Å². The lowest BCUT2D eigenvalue weighted by Gasteiger charge is -2.34. The van der Waals surface area contributed by atoms with Crippen molar-refractivity contribution in [1.82, 2.24) is 4.90 Å². The summed E-state index contributed by atoms with van der Waals surface area (Å²) in [5.74, 6) is 0. The van der Waals surface area contributed by atoms with Crippen LogP contribution in [-0.2, 0) is 10.0 Å². The molecule has 26 heavy (non-hydrogen) atoms. The largest absolute Gasteiger partial charge is 0.293 e. The van der Waals surface area contributed by atoms with Crippen molar-refractivity contribution in [3.05, 3.63) is 54.1 Å². The molecule has 0 bridgehead atoms. The number of anilines is 1. The minimum Gasteiger partial charge on any atom is -0.293 e. The third-order valence-corrected chi connectivity index (χ3v) is 6.25. The summed E-state index contributed by atoms with van der Waals surface area (Å²) in [6.45, 7) is 1.23. The molecule has 4 nitrogen and oxygen atoms in total. The van der Waals surface area contributed by atoms with Crippen LogP contribution in [0.4, 0.5) is 5.69 Å². The highest BCUT2D eigenvalue weighted by Crippen LogP contribution is 2.40. The Kier molecular flexibility index (Phi) is 4.76. The van der Waals surface area contributed by atoms with E-state index in [-0.39, 0.29) is 0 Å². The van der Waals surface area contributed by atoms with E-state index in [9.17, 15) is 8.42 Å². The third-order valence-electron chi connectivity index (χ3n) is 5.64. The Labute approximate surface area is 156 Å². The molecule has 2 aromatic carbocycles. The molecule has 0 aromatic heterocycles. The van der Waals surface area contributed by atoms with Gasteiger partial charge in [-0.3, -0.25) is 9.62 Å². The molecule has 2 aliphatic rings. The van der Waals surface area contributed by atoms with Crippen LogP contribution in [0.15, 0.2) is 48.5 Å². The van der Waals surface area contributed by atoms with Crippen molar-refractivity contribution >= 4 is 15.7 Å². The molecule has 0 saturated carbocycles. The summed E-state index contributed by atoms with van der Waals surface area (Å²) < 4.78 is 25.4. The van der Waals surface area contributed by atoms with Crippen molar-refractivity contribution in [2.24, 2.45) is 0 Å². The topological polar surface area (TPSA) is 49.4 Å². The molecule has 2 aliphatic heterocycles. The molecule has 0 aliphatic carbocycles. The van der Waals surface area contributed by atoms with E-state index >= 15 is 0 Å². The molecule has 2 atom stereocenters. The van der Waals surface area contributed by atoms with Gasteiger partial charge in [-0.05, 0) is 61.1 Å². The van der Waals surface area contributed by atoms with E-state index in [2.05, 4.69) is 33.9 Å². The van der Waals surface area contributed by atoms with Crippen LogP contribution in [0.25, 0.3) is 11.1 Å². The molecule has 2 saturated heterocycles. The van der Waals surface area contributed by atoms with Gasteiger partial charge in [0.15, 0.2) is 0 Å². The van der Waals surface area contributed by atoms with E-state index in [1.165, 1.54) is 50.5 Å². The number of hydrogen-bond acceptors (Lipinski definition) is 3. The zero-order valence-corrected chi connectivity index (χ0v) is 16.0. The van der Waals surface area contributed by atoms with Gasteiger partial charge < -0.3 is 0 Å². The number of piperidine rings is 1. The summed E-state index contributed by atoms with van der Waals surface area (Å²) >= 11 is 0. The molecule has 0 amide bonds. The maximum absolute atomic E-state index is 11.4. The number of fused-ring (bicyclic) bond motifs is 1. The summed E-state index contributed by atoms with van der Waals surface area (Å²) in [6.07, 6.45) is 7.82. The van der Waals surface area contributed by atoms with Gasteiger partial charge in [0.25, 0.3) is 0 Å². The first-order chi connectivity index (χ1) is 12.5. The van der Waals surface area contributed by atoms with Crippen molar-refractivity contribution in [2.45, 2.75) is 44.2 Å². The highest BCUT2D eigenvalue weighted by Gasteiger charge is 2.35. The normalized spacial score (nSPS) is 23.6. The van der Waals surface area contributed by atoms with Crippen molar-refractivity contribution in [2.75, 3.05) is 17.5 Å². The number of hydrogen-bond donors (Lipinski definition) is 1. The summed E-state index contributed by atoms with van der Waals surface area (Å²) in [6, 6.07) is 17.7. The molecule has 2 heterocycles. The quantitative estimate of drug-likeness (QED) is 0.867. The van der Waals surface area contributed by atoms with Gasteiger partial charge in [0.2, 0.25) is 10.0 Å². The summed E-state index contributed by atoms with van der Waals surface area (Å²) in [7, 11) is -3.26.